The van der Waals surface area contributed by atoms with E-state index >= 15 is 0 Å². The van der Waals surface area contributed by atoms with Gasteiger partial charge in [-0.25, -0.2) is 0 Å². The summed E-state index contributed by atoms with van der Waals surface area (Å²) in [6.45, 7) is 2.35. The molecule has 148 valence electrons. The topological polar surface area (TPSA) is 72.9 Å². The van der Waals surface area contributed by atoms with Crippen LogP contribution < -0.4 is 10.2 Å². The van der Waals surface area contributed by atoms with E-state index in [2.05, 4.69) is 10.2 Å². The van der Waals surface area contributed by atoms with E-state index < -0.39 is 0 Å². The van der Waals surface area contributed by atoms with Gasteiger partial charge in [0.2, 0.25) is 0 Å². The molecule has 1 aromatic heterocycles. The second-order valence-corrected chi connectivity index (χ2v) is 7.69. The zero-order valence-electron chi connectivity index (χ0n) is 15.7. The molecule has 2 heterocycles. The highest BCUT2D eigenvalue weighted by molar-refractivity contribution is 7.12. The normalized spacial score (nSPS) is 13.9. The van der Waals surface area contributed by atoms with Gasteiger partial charge in [0.05, 0.1) is 21.8 Å². The Morgan fingerprint density at radius 1 is 0.897 bits per heavy atom. The van der Waals surface area contributed by atoms with Crippen LogP contribution in [0.15, 0.2) is 66.0 Å². The summed E-state index contributed by atoms with van der Waals surface area (Å²) in [5.41, 5.74) is 1.77. The second-order valence-electron chi connectivity index (χ2n) is 6.74. The van der Waals surface area contributed by atoms with Crippen LogP contribution in [-0.2, 0) is 0 Å². The molecule has 29 heavy (non-hydrogen) atoms. The number of benzene rings is 2. The van der Waals surface area contributed by atoms with Crippen LogP contribution in [0.5, 0.6) is 5.75 Å². The zero-order valence-corrected chi connectivity index (χ0v) is 16.6. The van der Waals surface area contributed by atoms with Gasteiger partial charge in [-0.2, -0.15) is 0 Å². The Bertz CT molecular complexity index is 1010. The molecular formula is C22H21N3O3S. The molecule has 0 spiro atoms. The Hall–Kier alpha value is -3.32. The van der Waals surface area contributed by atoms with Gasteiger partial charge in [0.25, 0.3) is 11.8 Å². The smallest absolute Gasteiger partial charge is 0.265 e. The lowest BCUT2D eigenvalue weighted by Crippen LogP contribution is -2.49. The Kier molecular flexibility index (Phi) is 5.48. The standard InChI is InChI=1S/C22H21N3O3S/c26-19-9-4-3-8-18(19)24-11-13-25(14-12-24)22(28)16-6-1-2-7-17(16)23-21(27)20-10-5-15-29-20/h1-10,15,26H,11-14H2,(H,23,27). The van der Waals surface area contributed by atoms with Crippen molar-refractivity contribution in [2.24, 2.45) is 0 Å². The van der Waals surface area contributed by atoms with Crippen molar-refractivity contribution in [3.8, 4) is 5.75 Å². The van der Waals surface area contributed by atoms with Crippen LogP contribution in [-0.4, -0.2) is 48.0 Å². The largest absolute Gasteiger partial charge is 0.506 e. The van der Waals surface area contributed by atoms with Gasteiger partial charge >= 0.3 is 0 Å². The lowest BCUT2D eigenvalue weighted by Gasteiger charge is -2.36. The fraction of sp³-hybridized carbons (Fsp3) is 0.182. The number of carbonyl (C=O) groups excluding carboxylic acids is 2. The molecule has 1 aliphatic rings. The molecular weight excluding hydrogens is 386 g/mol. The quantitative estimate of drug-likeness (QED) is 0.692. The van der Waals surface area contributed by atoms with E-state index in [-0.39, 0.29) is 17.6 Å². The average molecular weight is 407 g/mol. The lowest BCUT2D eigenvalue weighted by molar-refractivity contribution is 0.0748. The third-order valence-corrected chi connectivity index (χ3v) is 5.81. The third kappa shape index (κ3) is 4.09. The molecule has 0 unspecified atom stereocenters. The number of phenolic OH excluding ortho intramolecular Hbond substituents is 1. The summed E-state index contributed by atoms with van der Waals surface area (Å²) < 4.78 is 0. The summed E-state index contributed by atoms with van der Waals surface area (Å²) in [5.74, 6) is -0.0810. The maximum atomic E-state index is 13.1. The zero-order chi connectivity index (χ0) is 20.2. The van der Waals surface area contributed by atoms with Gasteiger partial charge in [0.15, 0.2) is 0 Å². The molecule has 0 saturated carbocycles. The number of hydrogen-bond donors (Lipinski definition) is 2. The molecule has 6 nitrogen and oxygen atoms in total. The highest BCUT2D eigenvalue weighted by Crippen LogP contribution is 2.28. The van der Waals surface area contributed by atoms with E-state index in [9.17, 15) is 14.7 Å². The van der Waals surface area contributed by atoms with Crippen molar-refractivity contribution in [2.75, 3.05) is 36.4 Å². The number of nitrogens with one attached hydrogen (secondary N) is 1. The Labute approximate surface area is 173 Å². The molecule has 0 aliphatic carbocycles. The van der Waals surface area contributed by atoms with E-state index in [1.54, 1.807) is 47.4 Å². The van der Waals surface area contributed by atoms with Gasteiger partial charge in [-0.15, -0.1) is 11.3 Å². The highest BCUT2D eigenvalue weighted by atomic mass is 32.1. The number of anilines is 2. The van der Waals surface area contributed by atoms with E-state index in [0.717, 1.165) is 5.69 Å². The summed E-state index contributed by atoms with van der Waals surface area (Å²) >= 11 is 1.36. The number of rotatable bonds is 4. The maximum Gasteiger partial charge on any atom is 0.265 e. The number of hydrogen-bond acceptors (Lipinski definition) is 5. The molecule has 2 aromatic carbocycles. The number of nitrogens with zero attached hydrogens (tertiary/aromatic N) is 2. The number of piperazine rings is 1. The summed E-state index contributed by atoms with van der Waals surface area (Å²) in [5, 5.41) is 14.8. The van der Waals surface area contributed by atoms with Crippen molar-refractivity contribution in [1.82, 2.24) is 4.90 Å². The van der Waals surface area contributed by atoms with E-state index in [1.165, 1.54) is 11.3 Å². The first-order valence-corrected chi connectivity index (χ1v) is 10.3. The van der Waals surface area contributed by atoms with E-state index in [4.69, 9.17) is 0 Å². The molecule has 1 aliphatic heterocycles. The van der Waals surface area contributed by atoms with Crippen molar-refractivity contribution in [3.63, 3.8) is 0 Å². The van der Waals surface area contributed by atoms with Crippen LogP contribution in [0.1, 0.15) is 20.0 Å². The first kappa shape index (κ1) is 19.0. The fourth-order valence-corrected chi connectivity index (χ4v) is 4.04. The van der Waals surface area contributed by atoms with Crippen LogP contribution in [0.25, 0.3) is 0 Å². The summed E-state index contributed by atoms with van der Waals surface area (Å²) in [4.78, 5) is 30.0. The maximum absolute atomic E-state index is 13.1. The number of aromatic hydroxyl groups is 1. The van der Waals surface area contributed by atoms with Crippen LogP contribution in [0.3, 0.4) is 0 Å². The molecule has 2 N–H and O–H groups in total. The van der Waals surface area contributed by atoms with Crippen LogP contribution >= 0.6 is 11.3 Å². The van der Waals surface area contributed by atoms with Crippen molar-refractivity contribution >= 4 is 34.5 Å². The minimum atomic E-state index is -0.218. The number of carbonyl (C=O) groups is 2. The van der Waals surface area contributed by atoms with Crippen molar-refractivity contribution in [3.05, 3.63) is 76.5 Å². The fourth-order valence-electron chi connectivity index (χ4n) is 3.42. The molecule has 1 fully saturated rings. The van der Waals surface area contributed by atoms with Crippen LogP contribution in [0.4, 0.5) is 11.4 Å². The van der Waals surface area contributed by atoms with Gasteiger partial charge in [-0.1, -0.05) is 30.3 Å². The third-order valence-electron chi connectivity index (χ3n) is 4.94. The molecule has 0 radical (unpaired) electrons. The van der Waals surface area contributed by atoms with E-state index in [1.807, 2.05) is 23.6 Å². The molecule has 0 atom stereocenters. The Balaban J connectivity index is 1.45. The van der Waals surface area contributed by atoms with Gasteiger partial charge in [-0.3, -0.25) is 9.59 Å². The molecule has 1 saturated heterocycles. The molecule has 0 bridgehead atoms. The lowest BCUT2D eigenvalue weighted by atomic mass is 10.1. The minimum Gasteiger partial charge on any atom is -0.506 e. The average Bonchev–Trinajstić information content (AvgIpc) is 3.29. The Morgan fingerprint density at radius 2 is 1.62 bits per heavy atom. The molecule has 3 aromatic rings. The highest BCUT2D eigenvalue weighted by Gasteiger charge is 2.25. The molecule has 4 rings (SSSR count). The predicted molar refractivity (Wildman–Crippen MR) is 115 cm³/mol. The van der Waals surface area contributed by atoms with Crippen molar-refractivity contribution < 1.29 is 14.7 Å². The minimum absolute atomic E-state index is 0.107. The summed E-state index contributed by atoms with van der Waals surface area (Å²) in [6.07, 6.45) is 0. The predicted octanol–water partition coefficient (Wildman–Crippen LogP) is 3.67. The van der Waals surface area contributed by atoms with Gasteiger partial charge < -0.3 is 20.2 Å². The van der Waals surface area contributed by atoms with E-state index in [0.29, 0.717) is 42.3 Å². The van der Waals surface area contributed by atoms with Gasteiger partial charge in [-0.05, 0) is 35.7 Å². The summed E-state index contributed by atoms with van der Waals surface area (Å²) in [7, 11) is 0. The van der Waals surface area contributed by atoms with Crippen LogP contribution in [0.2, 0.25) is 0 Å². The Morgan fingerprint density at radius 3 is 2.34 bits per heavy atom. The van der Waals surface area contributed by atoms with Gasteiger partial charge in [0, 0.05) is 26.2 Å². The number of thiophene rings is 1. The summed E-state index contributed by atoms with van der Waals surface area (Å²) in [6, 6.07) is 17.9. The molecule has 7 heteroatoms. The second kappa shape index (κ2) is 8.36. The van der Waals surface area contributed by atoms with Gasteiger partial charge in [0.1, 0.15) is 5.75 Å². The van der Waals surface area contributed by atoms with Crippen LogP contribution in [0, 0.1) is 0 Å². The monoisotopic (exact) mass is 407 g/mol. The van der Waals surface area contributed by atoms with Crippen molar-refractivity contribution in [2.45, 2.75) is 0 Å². The first-order chi connectivity index (χ1) is 14.1. The SMILES string of the molecule is O=C(Nc1ccccc1C(=O)N1CCN(c2ccccc2O)CC1)c1cccs1. The first-order valence-electron chi connectivity index (χ1n) is 9.39. The number of phenols is 1. The molecule has 2 amide bonds. The van der Waals surface area contributed by atoms with Crippen molar-refractivity contribution in [1.29, 1.82) is 0 Å². The number of para-hydroxylation sites is 3. The number of amides is 2.